The summed E-state index contributed by atoms with van der Waals surface area (Å²) >= 11 is 0. The van der Waals surface area contributed by atoms with E-state index in [-0.39, 0.29) is 11.8 Å². The molecule has 4 heteroatoms. The average molecular weight is 238 g/mol. The molecule has 0 amide bonds. The van der Waals surface area contributed by atoms with E-state index in [1.807, 2.05) is 6.07 Å². The molecular formula is C13H19FN2O. The van der Waals surface area contributed by atoms with Gasteiger partial charge in [0.05, 0.1) is 0 Å². The average Bonchev–Trinajstić information content (AvgIpc) is 2.36. The summed E-state index contributed by atoms with van der Waals surface area (Å²) in [4.78, 5) is 2.36. The van der Waals surface area contributed by atoms with Gasteiger partial charge in [-0.1, -0.05) is 13.0 Å². The number of aromatic hydroxyl groups is 1. The molecule has 0 aromatic heterocycles. The van der Waals surface area contributed by atoms with Gasteiger partial charge < -0.3 is 10.4 Å². The van der Waals surface area contributed by atoms with Crippen molar-refractivity contribution >= 4 is 0 Å². The van der Waals surface area contributed by atoms with Crippen LogP contribution in [-0.4, -0.2) is 36.2 Å². The van der Waals surface area contributed by atoms with Crippen LogP contribution in [-0.2, 0) is 0 Å². The molecule has 2 rings (SSSR count). The molecule has 2 N–H and O–H groups in total. The Bertz CT molecular complexity index is 378. The van der Waals surface area contributed by atoms with Crippen LogP contribution in [0.2, 0.25) is 0 Å². The first kappa shape index (κ1) is 12.3. The molecule has 1 aliphatic rings. The van der Waals surface area contributed by atoms with Crippen LogP contribution in [0.15, 0.2) is 18.2 Å². The summed E-state index contributed by atoms with van der Waals surface area (Å²) in [6, 6.07) is 4.95. The second kappa shape index (κ2) is 5.47. The summed E-state index contributed by atoms with van der Waals surface area (Å²) in [7, 11) is 0. The molecule has 0 unspecified atom stereocenters. The van der Waals surface area contributed by atoms with Crippen molar-refractivity contribution in [3.8, 4) is 5.75 Å². The fourth-order valence-electron chi connectivity index (χ4n) is 2.43. The quantitative estimate of drug-likeness (QED) is 0.844. The van der Waals surface area contributed by atoms with E-state index in [9.17, 15) is 9.50 Å². The predicted octanol–water partition coefficient (Wildman–Crippen LogP) is 1.89. The molecule has 0 saturated carbocycles. The maximum absolute atomic E-state index is 13.4. The van der Waals surface area contributed by atoms with Gasteiger partial charge in [-0.3, -0.25) is 4.90 Å². The van der Waals surface area contributed by atoms with Gasteiger partial charge in [-0.25, -0.2) is 4.39 Å². The van der Waals surface area contributed by atoms with Crippen molar-refractivity contribution in [2.45, 2.75) is 19.4 Å². The van der Waals surface area contributed by atoms with Gasteiger partial charge in [0.25, 0.3) is 0 Å². The Morgan fingerprint density at radius 3 is 2.71 bits per heavy atom. The number of phenolic OH excluding ortho intramolecular Hbond substituents is 1. The summed E-state index contributed by atoms with van der Waals surface area (Å²) in [6.45, 7) is 6.05. The van der Waals surface area contributed by atoms with Crippen LogP contribution in [0.4, 0.5) is 4.39 Å². The van der Waals surface area contributed by atoms with Crippen molar-refractivity contribution in [2.24, 2.45) is 0 Å². The Balaban J connectivity index is 2.18. The van der Waals surface area contributed by atoms with E-state index in [1.54, 1.807) is 0 Å². The van der Waals surface area contributed by atoms with E-state index < -0.39 is 5.82 Å². The molecule has 1 fully saturated rings. The number of phenols is 1. The maximum atomic E-state index is 13.4. The summed E-state index contributed by atoms with van der Waals surface area (Å²) in [5.41, 5.74) is 0.949. The number of hydrogen-bond acceptors (Lipinski definition) is 3. The van der Waals surface area contributed by atoms with Crippen LogP contribution >= 0.6 is 0 Å². The molecule has 1 heterocycles. The topological polar surface area (TPSA) is 35.5 Å². The molecule has 1 atom stereocenters. The smallest absolute Gasteiger partial charge is 0.165 e. The SMILES string of the molecule is CC[C@H](c1ccc(O)c(F)c1)N1CCNCC1. The molecule has 0 spiro atoms. The number of benzene rings is 1. The van der Waals surface area contributed by atoms with Gasteiger partial charge in [-0.05, 0) is 24.1 Å². The van der Waals surface area contributed by atoms with Crippen LogP contribution < -0.4 is 5.32 Å². The molecule has 0 aliphatic carbocycles. The lowest BCUT2D eigenvalue weighted by Crippen LogP contribution is -2.45. The van der Waals surface area contributed by atoms with E-state index in [2.05, 4.69) is 17.1 Å². The molecule has 1 aromatic carbocycles. The predicted molar refractivity (Wildman–Crippen MR) is 65.5 cm³/mol. The summed E-state index contributed by atoms with van der Waals surface area (Å²) in [5.74, 6) is -0.806. The molecule has 17 heavy (non-hydrogen) atoms. The first-order chi connectivity index (χ1) is 8.22. The highest BCUT2D eigenvalue weighted by atomic mass is 19.1. The van der Waals surface area contributed by atoms with Crippen molar-refractivity contribution in [1.82, 2.24) is 10.2 Å². The van der Waals surface area contributed by atoms with Gasteiger partial charge in [0, 0.05) is 32.2 Å². The second-order valence-corrected chi connectivity index (χ2v) is 4.42. The minimum absolute atomic E-state index is 0.243. The minimum atomic E-state index is -0.531. The van der Waals surface area contributed by atoms with E-state index in [4.69, 9.17) is 0 Å². The number of nitrogens with zero attached hydrogens (tertiary/aromatic N) is 1. The summed E-state index contributed by atoms with van der Waals surface area (Å²) in [6.07, 6.45) is 0.949. The number of rotatable bonds is 3. The number of halogens is 1. The lowest BCUT2D eigenvalue weighted by molar-refractivity contribution is 0.169. The zero-order valence-electron chi connectivity index (χ0n) is 10.1. The summed E-state index contributed by atoms with van der Waals surface area (Å²) < 4.78 is 13.4. The van der Waals surface area contributed by atoms with Crippen molar-refractivity contribution < 1.29 is 9.50 Å². The van der Waals surface area contributed by atoms with Gasteiger partial charge >= 0.3 is 0 Å². The molecule has 0 bridgehead atoms. The highest BCUT2D eigenvalue weighted by molar-refractivity contribution is 5.30. The van der Waals surface area contributed by atoms with Crippen LogP contribution in [0.3, 0.4) is 0 Å². The van der Waals surface area contributed by atoms with Crippen LogP contribution in [0, 0.1) is 5.82 Å². The third-order valence-electron chi connectivity index (χ3n) is 3.34. The monoisotopic (exact) mass is 238 g/mol. The van der Waals surface area contributed by atoms with Gasteiger partial charge in [-0.2, -0.15) is 0 Å². The Labute approximate surface area is 101 Å². The number of hydrogen-bond donors (Lipinski definition) is 2. The van der Waals surface area contributed by atoms with E-state index >= 15 is 0 Å². The minimum Gasteiger partial charge on any atom is -0.505 e. The first-order valence-corrected chi connectivity index (χ1v) is 6.15. The fraction of sp³-hybridized carbons (Fsp3) is 0.538. The van der Waals surface area contributed by atoms with E-state index in [1.165, 1.54) is 12.1 Å². The van der Waals surface area contributed by atoms with Gasteiger partial charge in [-0.15, -0.1) is 0 Å². The first-order valence-electron chi connectivity index (χ1n) is 6.15. The van der Waals surface area contributed by atoms with Gasteiger partial charge in [0.2, 0.25) is 0 Å². The highest BCUT2D eigenvalue weighted by Gasteiger charge is 2.21. The number of piperazine rings is 1. The third kappa shape index (κ3) is 2.76. The summed E-state index contributed by atoms with van der Waals surface area (Å²) in [5, 5.41) is 12.5. The van der Waals surface area contributed by atoms with E-state index in [0.717, 1.165) is 38.2 Å². The van der Waals surface area contributed by atoms with E-state index in [0.29, 0.717) is 0 Å². The molecule has 1 aliphatic heterocycles. The molecule has 94 valence electrons. The van der Waals surface area contributed by atoms with Gasteiger partial charge in [0.15, 0.2) is 11.6 Å². The largest absolute Gasteiger partial charge is 0.505 e. The Morgan fingerprint density at radius 2 is 2.12 bits per heavy atom. The lowest BCUT2D eigenvalue weighted by Gasteiger charge is -2.34. The van der Waals surface area contributed by atoms with Crippen LogP contribution in [0.5, 0.6) is 5.75 Å². The standard InChI is InChI=1S/C13H19FN2O/c1-2-12(16-7-5-15-6-8-16)10-3-4-13(17)11(14)9-10/h3-4,9,12,15,17H,2,5-8H2,1H3/t12-/m1/s1. The van der Waals surface area contributed by atoms with Crippen molar-refractivity contribution in [3.63, 3.8) is 0 Å². The Kier molecular flexibility index (Phi) is 3.97. The normalized spacial score (nSPS) is 19.2. The fourth-order valence-corrected chi connectivity index (χ4v) is 2.43. The maximum Gasteiger partial charge on any atom is 0.165 e. The molecule has 0 radical (unpaired) electrons. The number of nitrogens with one attached hydrogen (secondary N) is 1. The third-order valence-corrected chi connectivity index (χ3v) is 3.34. The van der Waals surface area contributed by atoms with Crippen molar-refractivity contribution in [2.75, 3.05) is 26.2 Å². The second-order valence-electron chi connectivity index (χ2n) is 4.42. The molecule has 1 saturated heterocycles. The van der Waals surface area contributed by atoms with Crippen LogP contribution in [0.1, 0.15) is 24.9 Å². The molecular weight excluding hydrogens is 219 g/mol. The molecule has 1 aromatic rings. The highest BCUT2D eigenvalue weighted by Crippen LogP contribution is 2.27. The van der Waals surface area contributed by atoms with Gasteiger partial charge in [0.1, 0.15) is 0 Å². The van der Waals surface area contributed by atoms with Crippen molar-refractivity contribution in [1.29, 1.82) is 0 Å². The zero-order chi connectivity index (χ0) is 12.3. The lowest BCUT2D eigenvalue weighted by atomic mass is 10.0. The molecule has 3 nitrogen and oxygen atoms in total. The Morgan fingerprint density at radius 1 is 1.41 bits per heavy atom. The zero-order valence-corrected chi connectivity index (χ0v) is 10.1. The van der Waals surface area contributed by atoms with Crippen LogP contribution in [0.25, 0.3) is 0 Å². The van der Waals surface area contributed by atoms with Crippen molar-refractivity contribution in [3.05, 3.63) is 29.6 Å². The Hall–Kier alpha value is -1.13.